The van der Waals surface area contributed by atoms with E-state index in [-0.39, 0.29) is 5.56 Å². The molecule has 6 heteroatoms. The molecule has 28 heavy (non-hydrogen) atoms. The van der Waals surface area contributed by atoms with Gasteiger partial charge in [0, 0.05) is 30.7 Å². The zero-order valence-corrected chi connectivity index (χ0v) is 16.9. The normalized spacial score (nSPS) is 15.2. The number of aryl methyl sites for hydroxylation is 3. The molecule has 0 saturated carbocycles. The van der Waals surface area contributed by atoms with Gasteiger partial charge in [-0.3, -0.25) is 9.69 Å². The molecule has 1 aromatic carbocycles. The average molecular weight is 380 g/mol. The maximum atomic E-state index is 12.8. The molecule has 1 fully saturated rings. The SMILES string of the molecule is Cc1c2c(OCCN3CCCCC3)nn(C)c(=O)c2c(C)n1-c1ccccc1. The van der Waals surface area contributed by atoms with Gasteiger partial charge in [-0.2, -0.15) is 0 Å². The first-order chi connectivity index (χ1) is 13.6. The van der Waals surface area contributed by atoms with Crippen molar-refractivity contribution in [2.75, 3.05) is 26.2 Å². The standard InChI is InChI=1S/C22H28N4O2/c1-16-19-20(17(2)26(16)18-10-6-4-7-11-18)22(27)24(3)23-21(19)28-15-14-25-12-8-5-9-13-25/h4,6-7,10-11H,5,8-9,12-15H2,1-3H3. The molecule has 0 unspecified atom stereocenters. The summed E-state index contributed by atoms with van der Waals surface area (Å²) in [5, 5.41) is 5.95. The van der Waals surface area contributed by atoms with E-state index in [4.69, 9.17) is 4.74 Å². The van der Waals surface area contributed by atoms with Gasteiger partial charge in [0.05, 0.1) is 10.8 Å². The summed E-state index contributed by atoms with van der Waals surface area (Å²) in [6.07, 6.45) is 3.85. The maximum absolute atomic E-state index is 12.8. The number of likely N-dealkylation sites (tertiary alicyclic amines) is 1. The molecule has 1 aliphatic rings. The van der Waals surface area contributed by atoms with Gasteiger partial charge in [0.25, 0.3) is 5.56 Å². The van der Waals surface area contributed by atoms with E-state index in [0.29, 0.717) is 17.9 Å². The third-order valence-corrected chi connectivity index (χ3v) is 5.72. The molecular weight excluding hydrogens is 352 g/mol. The fourth-order valence-corrected chi connectivity index (χ4v) is 4.27. The molecule has 0 radical (unpaired) electrons. The summed E-state index contributed by atoms with van der Waals surface area (Å²) in [5.74, 6) is 0.546. The topological polar surface area (TPSA) is 52.3 Å². The Balaban J connectivity index is 1.72. The van der Waals surface area contributed by atoms with Crippen LogP contribution in [0.25, 0.3) is 16.5 Å². The van der Waals surface area contributed by atoms with Gasteiger partial charge < -0.3 is 9.30 Å². The monoisotopic (exact) mass is 380 g/mol. The second-order valence-electron chi connectivity index (χ2n) is 7.58. The molecule has 1 saturated heterocycles. The highest BCUT2D eigenvalue weighted by Gasteiger charge is 2.21. The number of para-hydroxylation sites is 1. The van der Waals surface area contributed by atoms with Crippen molar-refractivity contribution in [2.24, 2.45) is 7.05 Å². The lowest BCUT2D eigenvalue weighted by molar-refractivity contribution is 0.180. The Labute approximate surface area is 165 Å². The molecule has 3 aromatic rings. The summed E-state index contributed by atoms with van der Waals surface area (Å²) in [6.45, 7) is 7.77. The van der Waals surface area contributed by atoms with Crippen molar-refractivity contribution < 1.29 is 4.74 Å². The Morgan fingerprint density at radius 1 is 1.00 bits per heavy atom. The molecule has 2 aromatic heterocycles. The third kappa shape index (κ3) is 3.33. The molecule has 0 bridgehead atoms. The number of hydrogen-bond acceptors (Lipinski definition) is 4. The van der Waals surface area contributed by atoms with E-state index in [1.165, 1.54) is 23.9 Å². The van der Waals surface area contributed by atoms with Crippen LogP contribution in [0.15, 0.2) is 35.1 Å². The van der Waals surface area contributed by atoms with Crippen molar-refractivity contribution >= 4 is 10.8 Å². The van der Waals surface area contributed by atoms with Crippen LogP contribution >= 0.6 is 0 Å². The molecule has 4 rings (SSSR count). The number of benzene rings is 1. The largest absolute Gasteiger partial charge is 0.475 e. The van der Waals surface area contributed by atoms with Crippen LogP contribution in [0, 0.1) is 13.8 Å². The lowest BCUT2D eigenvalue weighted by Crippen LogP contribution is -2.33. The van der Waals surface area contributed by atoms with Gasteiger partial charge in [-0.05, 0) is 51.9 Å². The first-order valence-electron chi connectivity index (χ1n) is 10.1. The highest BCUT2D eigenvalue weighted by molar-refractivity contribution is 5.92. The highest BCUT2D eigenvalue weighted by atomic mass is 16.5. The van der Waals surface area contributed by atoms with E-state index in [2.05, 4.69) is 14.6 Å². The molecule has 0 spiro atoms. The number of hydrogen-bond donors (Lipinski definition) is 0. The zero-order valence-electron chi connectivity index (χ0n) is 16.9. The van der Waals surface area contributed by atoms with E-state index in [1.54, 1.807) is 7.05 Å². The lowest BCUT2D eigenvalue weighted by Gasteiger charge is -2.26. The summed E-state index contributed by atoms with van der Waals surface area (Å²) in [6, 6.07) is 10.1. The van der Waals surface area contributed by atoms with Crippen molar-refractivity contribution in [1.29, 1.82) is 0 Å². The van der Waals surface area contributed by atoms with Crippen molar-refractivity contribution in [3.05, 3.63) is 52.1 Å². The van der Waals surface area contributed by atoms with E-state index < -0.39 is 0 Å². The second kappa shape index (κ2) is 7.80. The average Bonchev–Trinajstić information content (AvgIpc) is 2.98. The number of fused-ring (bicyclic) bond motifs is 1. The van der Waals surface area contributed by atoms with E-state index in [1.807, 2.05) is 44.2 Å². The van der Waals surface area contributed by atoms with Crippen LogP contribution in [0.4, 0.5) is 0 Å². The van der Waals surface area contributed by atoms with Crippen LogP contribution in [0.5, 0.6) is 5.88 Å². The summed E-state index contributed by atoms with van der Waals surface area (Å²) in [5.41, 5.74) is 2.85. The molecule has 0 atom stereocenters. The predicted octanol–water partition coefficient (Wildman–Crippen LogP) is 3.21. The number of piperidine rings is 1. The van der Waals surface area contributed by atoms with E-state index in [9.17, 15) is 4.79 Å². The summed E-state index contributed by atoms with van der Waals surface area (Å²) in [7, 11) is 1.69. The van der Waals surface area contributed by atoms with E-state index in [0.717, 1.165) is 42.1 Å². The minimum atomic E-state index is -0.0892. The van der Waals surface area contributed by atoms with Gasteiger partial charge >= 0.3 is 0 Å². The Morgan fingerprint density at radius 3 is 2.39 bits per heavy atom. The first-order valence-corrected chi connectivity index (χ1v) is 10.1. The van der Waals surface area contributed by atoms with Gasteiger partial charge in [-0.1, -0.05) is 24.6 Å². The fourth-order valence-electron chi connectivity index (χ4n) is 4.27. The summed E-state index contributed by atoms with van der Waals surface area (Å²) in [4.78, 5) is 15.3. The van der Waals surface area contributed by atoms with Crippen LogP contribution < -0.4 is 10.3 Å². The third-order valence-electron chi connectivity index (χ3n) is 5.72. The molecular formula is C22H28N4O2. The zero-order chi connectivity index (χ0) is 19.7. The van der Waals surface area contributed by atoms with Gasteiger partial charge in [-0.25, -0.2) is 4.68 Å². The Kier molecular flexibility index (Phi) is 5.22. The van der Waals surface area contributed by atoms with Gasteiger partial charge in [0.2, 0.25) is 5.88 Å². The minimum absolute atomic E-state index is 0.0892. The number of nitrogens with zero attached hydrogens (tertiary/aromatic N) is 4. The Bertz CT molecular complexity index is 1030. The summed E-state index contributed by atoms with van der Waals surface area (Å²) >= 11 is 0. The molecule has 148 valence electrons. The van der Waals surface area contributed by atoms with Crippen LogP contribution in [0.1, 0.15) is 30.7 Å². The van der Waals surface area contributed by atoms with Crippen LogP contribution in [0.2, 0.25) is 0 Å². The molecule has 6 nitrogen and oxygen atoms in total. The quantitative estimate of drug-likeness (QED) is 0.682. The minimum Gasteiger partial charge on any atom is -0.475 e. The van der Waals surface area contributed by atoms with Crippen LogP contribution in [0.3, 0.4) is 0 Å². The molecule has 0 aliphatic carbocycles. The fraction of sp³-hybridized carbons (Fsp3) is 0.455. The lowest BCUT2D eigenvalue weighted by atomic mass is 10.1. The summed E-state index contributed by atoms with van der Waals surface area (Å²) < 4.78 is 9.62. The van der Waals surface area contributed by atoms with Gasteiger partial charge in [0.1, 0.15) is 6.61 Å². The van der Waals surface area contributed by atoms with Crippen LogP contribution in [-0.2, 0) is 7.05 Å². The smallest absolute Gasteiger partial charge is 0.276 e. The maximum Gasteiger partial charge on any atom is 0.276 e. The molecule has 0 N–H and O–H groups in total. The van der Waals surface area contributed by atoms with Crippen LogP contribution in [-0.4, -0.2) is 45.5 Å². The Hall–Kier alpha value is -2.60. The predicted molar refractivity (Wildman–Crippen MR) is 112 cm³/mol. The Morgan fingerprint density at radius 2 is 1.68 bits per heavy atom. The van der Waals surface area contributed by atoms with Crippen molar-refractivity contribution in [2.45, 2.75) is 33.1 Å². The van der Waals surface area contributed by atoms with Gasteiger partial charge in [-0.15, -0.1) is 5.10 Å². The number of rotatable bonds is 5. The number of ether oxygens (including phenoxy) is 1. The number of aromatic nitrogens is 3. The first kappa shape index (κ1) is 18.7. The molecule has 0 amide bonds. The molecule has 3 heterocycles. The highest BCUT2D eigenvalue weighted by Crippen LogP contribution is 2.31. The van der Waals surface area contributed by atoms with Crippen molar-refractivity contribution in [3.8, 4) is 11.6 Å². The second-order valence-corrected chi connectivity index (χ2v) is 7.58. The molecule has 1 aliphatic heterocycles. The van der Waals surface area contributed by atoms with Crippen molar-refractivity contribution in [1.82, 2.24) is 19.2 Å². The van der Waals surface area contributed by atoms with E-state index >= 15 is 0 Å². The van der Waals surface area contributed by atoms with Crippen molar-refractivity contribution in [3.63, 3.8) is 0 Å². The van der Waals surface area contributed by atoms with Gasteiger partial charge in [0.15, 0.2) is 0 Å².